The highest BCUT2D eigenvalue weighted by Crippen LogP contribution is 2.32. The van der Waals surface area contributed by atoms with Crippen molar-refractivity contribution in [1.29, 1.82) is 0 Å². The second-order valence-electron chi connectivity index (χ2n) is 9.94. The lowest BCUT2D eigenvalue weighted by Gasteiger charge is -2.33. The minimum atomic E-state index is -4.39. The highest BCUT2D eigenvalue weighted by Gasteiger charge is 2.34. The van der Waals surface area contributed by atoms with Crippen molar-refractivity contribution in [3.05, 3.63) is 78.1 Å². The number of ether oxygens (including phenoxy) is 3. The van der Waals surface area contributed by atoms with Crippen LogP contribution in [0.4, 0.5) is 10.1 Å². The maximum absolute atomic E-state index is 14.2. The number of halogens is 1. The Hall–Kier alpha value is -4.32. The van der Waals surface area contributed by atoms with Gasteiger partial charge < -0.3 is 24.4 Å². The topological polar surface area (TPSA) is 114 Å². The van der Waals surface area contributed by atoms with E-state index in [1.54, 1.807) is 38.3 Å². The van der Waals surface area contributed by atoms with E-state index < -0.39 is 34.3 Å². The van der Waals surface area contributed by atoms with Crippen molar-refractivity contribution in [3.8, 4) is 17.2 Å². The first-order valence-electron chi connectivity index (χ1n) is 14.3. The average molecular weight is 630 g/mol. The Morgan fingerprint density at radius 1 is 0.886 bits per heavy atom. The van der Waals surface area contributed by atoms with Gasteiger partial charge in [0.15, 0.2) is 11.5 Å². The Balaban J connectivity index is 2.07. The van der Waals surface area contributed by atoms with E-state index in [1.807, 2.05) is 6.92 Å². The molecule has 0 aliphatic carbocycles. The predicted octanol–water partition coefficient (Wildman–Crippen LogP) is 4.77. The van der Waals surface area contributed by atoms with Gasteiger partial charge in [-0.15, -0.1) is 0 Å². The molecule has 10 nitrogen and oxygen atoms in total. The van der Waals surface area contributed by atoms with E-state index >= 15 is 0 Å². The lowest BCUT2D eigenvalue weighted by molar-refractivity contribution is -0.140. The standard InChI is InChI=1S/C32H40FN3O7S/c1-6-8-19-34-32(38)28(7-2)35(21-23-9-15-26(41-3)16-10-23)31(37)22-36(25-13-11-24(33)12-14-25)44(39,40)27-17-18-29(42-4)30(20-27)43-5/h9-18,20,28H,6-8,19,21-22H2,1-5H3,(H,34,38)/t28-/m1/s1. The van der Waals surface area contributed by atoms with Crippen molar-refractivity contribution in [2.24, 2.45) is 0 Å². The van der Waals surface area contributed by atoms with Crippen molar-refractivity contribution >= 4 is 27.5 Å². The van der Waals surface area contributed by atoms with Crippen LogP contribution in [0.3, 0.4) is 0 Å². The number of hydrogen-bond donors (Lipinski definition) is 1. The summed E-state index contributed by atoms with van der Waals surface area (Å²) in [7, 11) is -0.0473. The number of unbranched alkanes of at least 4 members (excludes halogenated alkanes) is 1. The number of amides is 2. The molecular formula is C32H40FN3O7S. The van der Waals surface area contributed by atoms with Gasteiger partial charge >= 0.3 is 0 Å². The van der Waals surface area contributed by atoms with Gasteiger partial charge in [-0.3, -0.25) is 13.9 Å². The third-order valence-electron chi connectivity index (χ3n) is 7.06. The molecule has 0 saturated heterocycles. The molecule has 3 aromatic rings. The Kier molecular flexibility index (Phi) is 12.4. The van der Waals surface area contributed by atoms with Gasteiger partial charge in [0.25, 0.3) is 10.0 Å². The van der Waals surface area contributed by atoms with Crippen LogP contribution >= 0.6 is 0 Å². The van der Waals surface area contributed by atoms with Crippen LogP contribution in [0.25, 0.3) is 0 Å². The number of carbonyl (C=O) groups excluding carboxylic acids is 2. The lowest BCUT2D eigenvalue weighted by atomic mass is 10.1. The van der Waals surface area contributed by atoms with Gasteiger partial charge in [-0.1, -0.05) is 32.4 Å². The molecule has 0 fully saturated rings. The zero-order chi connectivity index (χ0) is 32.3. The highest BCUT2D eigenvalue weighted by atomic mass is 32.2. The molecule has 0 radical (unpaired) electrons. The van der Waals surface area contributed by atoms with Gasteiger partial charge in [0.05, 0.1) is 31.9 Å². The van der Waals surface area contributed by atoms with Gasteiger partial charge in [-0.2, -0.15) is 0 Å². The van der Waals surface area contributed by atoms with Crippen LogP contribution in [0, 0.1) is 5.82 Å². The fourth-order valence-electron chi connectivity index (χ4n) is 4.59. The van der Waals surface area contributed by atoms with E-state index in [9.17, 15) is 22.4 Å². The van der Waals surface area contributed by atoms with E-state index in [-0.39, 0.29) is 28.8 Å². The van der Waals surface area contributed by atoms with Crippen molar-refractivity contribution in [2.75, 3.05) is 38.7 Å². The van der Waals surface area contributed by atoms with Gasteiger partial charge in [0, 0.05) is 19.2 Å². The van der Waals surface area contributed by atoms with E-state index in [2.05, 4.69) is 5.32 Å². The summed E-state index contributed by atoms with van der Waals surface area (Å²) in [5, 5.41) is 2.89. The van der Waals surface area contributed by atoms with Crippen molar-refractivity contribution < 1.29 is 36.6 Å². The molecule has 3 rings (SSSR count). The summed E-state index contributed by atoms with van der Waals surface area (Å²) in [4.78, 5) is 28.7. The Morgan fingerprint density at radius 3 is 2.11 bits per heavy atom. The molecule has 2 amide bonds. The predicted molar refractivity (Wildman–Crippen MR) is 166 cm³/mol. The van der Waals surface area contributed by atoms with Crippen LogP contribution in [0.2, 0.25) is 0 Å². The Bertz CT molecular complexity index is 1500. The van der Waals surface area contributed by atoms with Gasteiger partial charge in [0.2, 0.25) is 11.8 Å². The van der Waals surface area contributed by atoms with Crippen LogP contribution in [-0.4, -0.2) is 65.6 Å². The van der Waals surface area contributed by atoms with Gasteiger partial charge in [-0.05, 0) is 66.9 Å². The number of methoxy groups -OCH3 is 3. The number of anilines is 1. The molecule has 0 aliphatic heterocycles. The van der Waals surface area contributed by atoms with E-state index in [4.69, 9.17) is 14.2 Å². The highest BCUT2D eigenvalue weighted by molar-refractivity contribution is 7.92. The molecule has 0 aliphatic rings. The molecule has 3 aromatic carbocycles. The monoisotopic (exact) mass is 629 g/mol. The minimum Gasteiger partial charge on any atom is -0.497 e. The summed E-state index contributed by atoms with van der Waals surface area (Å²) in [5.74, 6) is -0.402. The van der Waals surface area contributed by atoms with E-state index in [0.29, 0.717) is 24.5 Å². The van der Waals surface area contributed by atoms with Crippen LogP contribution in [-0.2, 0) is 26.2 Å². The molecular weight excluding hydrogens is 589 g/mol. The molecule has 0 bridgehead atoms. The van der Waals surface area contributed by atoms with Crippen molar-refractivity contribution in [2.45, 2.75) is 50.6 Å². The maximum atomic E-state index is 14.2. The fraction of sp³-hybridized carbons (Fsp3) is 0.375. The number of rotatable bonds is 16. The average Bonchev–Trinajstić information content (AvgIpc) is 3.03. The summed E-state index contributed by atoms with van der Waals surface area (Å²) in [5.41, 5.74) is 0.786. The third kappa shape index (κ3) is 8.40. The van der Waals surface area contributed by atoms with Crippen LogP contribution < -0.4 is 23.8 Å². The number of benzene rings is 3. The maximum Gasteiger partial charge on any atom is 0.264 e. The summed E-state index contributed by atoms with van der Waals surface area (Å²) in [6.07, 6.45) is 1.95. The number of nitrogens with zero attached hydrogens (tertiary/aromatic N) is 2. The molecule has 0 spiro atoms. The zero-order valence-electron chi connectivity index (χ0n) is 25.7. The molecule has 0 saturated carbocycles. The third-order valence-corrected chi connectivity index (χ3v) is 8.83. The molecule has 44 heavy (non-hydrogen) atoms. The quantitative estimate of drug-likeness (QED) is 0.227. The van der Waals surface area contributed by atoms with Crippen LogP contribution in [0.5, 0.6) is 17.2 Å². The zero-order valence-corrected chi connectivity index (χ0v) is 26.5. The number of carbonyl (C=O) groups is 2. The van der Waals surface area contributed by atoms with Gasteiger partial charge in [0.1, 0.15) is 24.2 Å². The Labute approximate surface area is 258 Å². The molecule has 0 heterocycles. The van der Waals surface area contributed by atoms with Crippen LogP contribution in [0.1, 0.15) is 38.7 Å². The lowest BCUT2D eigenvalue weighted by Crippen LogP contribution is -2.52. The first kappa shape index (κ1) is 34.2. The van der Waals surface area contributed by atoms with Gasteiger partial charge in [-0.25, -0.2) is 12.8 Å². The molecule has 1 N–H and O–H groups in total. The molecule has 238 valence electrons. The Morgan fingerprint density at radius 2 is 1.55 bits per heavy atom. The molecule has 12 heteroatoms. The SMILES string of the molecule is CCCCNC(=O)[C@@H](CC)N(Cc1ccc(OC)cc1)C(=O)CN(c1ccc(F)cc1)S(=O)(=O)c1ccc(OC)c(OC)c1. The largest absolute Gasteiger partial charge is 0.497 e. The summed E-state index contributed by atoms with van der Waals surface area (Å²) >= 11 is 0. The fourth-order valence-corrected chi connectivity index (χ4v) is 6.02. The molecule has 0 unspecified atom stereocenters. The first-order valence-corrected chi connectivity index (χ1v) is 15.7. The smallest absolute Gasteiger partial charge is 0.264 e. The second kappa shape index (κ2) is 15.9. The second-order valence-corrected chi connectivity index (χ2v) is 11.8. The number of hydrogen-bond acceptors (Lipinski definition) is 7. The van der Waals surface area contributed by atoms with Crippen LogP contribution in [0.15, 0.2) is 71.6 Å². The molecule has 1 atom stereocenters. The van der Waals surface area contributed by atoms with E-state index in [0.717, 1.165) is 34.8 Å². The summed E-state index contributed by atoms with van der Waals surface area (Å²) in [6, 6.07) is 15.0. The summed E-state index contributed by atoms with van der Waals surface area (Å²) in [6.45, 7) is 3.63. The number of sulfonamides is 1. The first-order chi connectivity index (χ1) is 21.1. The van der Waals surface area contributed by atoms with Crippen molar-refractivity contribution in [1.82, 2.24) is 10.2 Å². The van der Waals surface area contributed by atoms with E-state index in [1.165, 1.54) is 49.5 Å². The summed E-state index contributed by atoms with van der Waals surface area (Å²) < 4.78 is 58.8. The minimum absolute atomic E-state index is 0.0379. The number of nitrogens with one attached hydrogen (secondary N) is 1. The normalized spacial score (nSPS) is 11.8. The van der Waals surface area contributed by atoms with Crippen molar-refractivity contribution in [3.63, 3.8) is 0 Å². The molecule has 0 aromatic heterocycles.